The Kier molecular flexibility index (Phi) is 4.58. The highest BCUT2D eigenvalue weighted by atomic mass is 79.9. The molecule has 0 aliphatic heterocycles. The van der Waals surface area contributed by atoms with Crippen molar-refractivity contribution in [1.82, 2.24) is 0 Å². The van der Waals surface area contributed by atoms with Crippen molar-refractivity contribution in [2.75, 3.05) is 0 Å². The van der Waals surface area contributed by atoms with Crippen molar-refractivity contribution in [2.45, 2.75) is 6.92 Å². The van der Waals surface area contributed by atoms with Crippen LogP contribution in [0, 0.1) is 0 Å². The fourth-order valence-corrected chi connectivity index (χ4v) is 3.35. The van der Waals surface area contributed by atoms with E-state index in [0.29, 0.717) is 19.0 Å². The number of phenolic OH excluding ortho intramolecular Hbond substituents is 1. The zero-order chi connectivity index (χ0) is 12.5. The van der Waals surface area contributed by atoms with E-state index in [1.165, 1.54) is 13.0 Å². The largest absolute Gasteiger partial charge is 0.506 e. The molecule has 2 N–H and O–H groups in total. The Labute approximate surface area is 118 Å². The number of carboxylic acids is 1. The lowest BCUT2D eigenvalue weighted by Crippen LogP contribution is -1.96. The zero-order valence-electron chi connectivity index (χ0n) is 8.09. The van der Waals surface area contributed by atoms with Crippen molar-refractivity contribution < 1.29 is 15.0 Å². The minimum atomic E-state index is -0.999. The van der Waals surface area contributed by atoms with Gasteiger partial charge >= 0.3 is 5.97 Å². The number of phenols is 1. The maximum absolute atomic E-state index is 10.7. The molecule has 86 valence electrons. The third-order valence-corrected chi connectivity index (χ3v) is 3.94. The van der Waals surface area contributed by atoms with E-state index >= 15 is 0 Å². The van der Waals surface area contributed by atoms with Crippen molar-refractivity contribution in [1.29, 1.82) is 0 Å². The van der Waals surface area contributed by atoms with Crippen LogP contribution in [-0.4, -0.2) is 16.2 Å². The predicted molar refractivity (Wildman–Crippen MR) is 72.5 cm³/mol. The second kappa shape index (κ2) is 5.33. The molecular formula is C10H7Br3O3. The highest BCUT2D eigenvalue weighted by Crippen LogP contribution is 2.40. The SMILES string of the molecule is C/C(=C\c1c(Br)cc(Br)c(O)c1Br)C(=O)O. The van der Waals surface area contributed by atoms with Gasteiger partial charge in [0, 0.05) is 15.6 Å². The van der Waals surface area contributed by atoms with E-state index in [-0.39, 0.29) is 11.3 Å². The number of aliphatic carboxylic acids is 1. The summed E-state index contributed by atoms with van der Waals surface area (Å²) in [5.74, 6) is -0.964. The van der Waals surface area contributed by atoms with Crippen LogP contribution in [0.15, 0.2) is 25.1 Å². The molecule has 0 fully saturated rings. The van der Waals surface area contributed by atoms with E-state index in [4.69, 9.17) is 5.11 Å². The fraction of sp³-hybridized carbons (Fsp3) is 0.100. The van der Waals surface area contributed by atoms with Gasteiger partial charge in [-0.15, -0.1) is 0 Å². The van der Waals surface area contributed by atoms with Gasteiger partial charge in [0.2, 0.25) is 0 Å². The van der Waals surface area contributed by atoms with E-state index in [9.17, 15) is 9.90 Å². The average molecular weight is 415 g/mol. The van der Waals surface area contributed by atoms with Gasteiger partial charge < -0.3 is 10.2 Å². The first-order valence-electron chi connectivity index (χ1n) is 4.12. The summed E-state index contributed by atoms with van der Waals surface area (Å²) in [4.78, 5) is 10.7. The summed E-state index contributed by atoms with van der Waals surface area (Å²) in [7, 11) is 0. The molecule has 0 unspecified atom stereocenters. The van der Waals surface area contributed by atoms with Gasteiger partial charge in [-0.25, -0.2) is 4.79 Å². The molecular weight excluding hydrogens is 408 g/mol. The molecule has 3 nitrogen and oxygen atoms in total. The first-order valence-corrected chi connectivity index (χ1v) is 6.50. The van der Waals surface area contributed by atoms with Crippen LogP contribution >= 0.6 is 47.8 Å². The van der Waals surface area contributed by atoms with Gasteiger partial charge in [-0.05, 0) is 50.9 Å². The summed E-state index contributed by atoms with van der Waals surface area (Å²) in [5.41, 5.74) is 0.767. The highest BCUT2D eigenvalue weighted by Gasteiger charge is 2.13. The monoisotopic (exact) mass is 412 g/mol. The van der Waals surface area contributed by atoms with Gasteiger partial charge in [0.1, 0.15) is 5.75 Å². The van der Waals surface area contributed by atoms with Gasteiger partial charge in [-0.2, -0.15) is 0 Å². The third kappa shape index (κ3) is 2.87. The third-order valence-electron chi connectivity index (χ3n) is 1.88. The molecule has 6 heteroatoms. The Hall–Kier alpha value is -0.330. The lowest BCUT2D eigenvalue weighted by molar-refractivity contribution is -0.132. The Bertz CT molecular complexity index is 481. The molecule has 0 aliphatic rings. The topological polar surface area (TPSA) is 57.5 Å². The number of aromatic hydroxyl groups is 1. The second-order valence-corrected chi connectivity index (χ2v) is 5.55. The van der Waals surface area contributed by atoms with Crippen molar-refractivity contribution in [2.24, 2.45) is 0 Å². The van der Waals surface area contributed by atoms with Crippen LogP contribution in [0.4, 0.5) is 0 Å². The molecule has 0 saturated carbocycles. The van der Waals surface area contributed by atoms with E-state index in [1.54, 1.807) is 6.07 Å². The Balaban J connectivity index is 3.41. The van der Waals surface area contributed by atoms with Crippen LogP contribution < -0.4 is 0 Å². The van der Waals surface area contributed by atoms with Crippen LogP contribution in [0.2, 0.25) is 0 Å². The molecule has 0 radical (unpaired) electrons. The highest BCUT2D eigenvalue weighted by molar-refractivity contribution is 9.11. The molecule has 0 amide bonds. The van der Waals surface area contributed by atoms with Crippen molar-refractivity contribution in [3.63, 3.8) is 0 Å². The maximum Gasteiger partial charge on any atom is 0.331 e. The van der Waals surface area contributed by atoms with E-state index < -0.39 is 5.97 Å². The minimum Gasteiger partial charge on any atom is -0.506 e. The molecule has 0 atom stereocenters. The van der Waals surface area contributed by atoms with Crippen molar-refractivity contribution in [3.05, 3.63) is 30.6 Å². The molecule has 0 saturated heterocycles. The first kappa shape index (κ1) is 13.7. The summed E-state index contributed by atoms with van der Waals surface area (Å²) < 4.78 is 1.65. The smallest absolute Gasteiger partial charge is 0.331 e. The summed E-state index contributed by atoms with van der Waals surface area (Å²) >= 11 is 9.69. The predicted octanol–water partition coefficient (Wildman–Crippen LogP) is 4.17. The quantitative estimate of drug-likeness (QED) is 0.714. The number of rotatable bonds is 2. The number of hydrogen-bond donors (Lipinski definition) is 2. The number of carbonyl (C=O) groups is 1. The molecule has 0 spiro atoms. The van der Waals surface area contributed by atoms with Crippen LogP contribution in [0.5, 0.6) is 5.75 Å². The van der Waals surface area contributed by atoms with Gasteiger partial charge in [0.15, 0.2) is 0 Å². The van der Waals surface area contributed by atoms with Crippen molar-refractivity contribution >= 4 is 59.8 Å². The summed E-state index contributed by atoms with van der Waals surface area (Å²) in [6.07, 6.45) is 1.47. The number of carboxylic acid groups (broad SMARTS) is 1. The van der Waals surface area contributed by atoms with E-state index in [1.807, 2.05) is 0 Å². The molecule has 1 aromatic carbocycles. The summed E-state index contributed by atoms with van der Waals surface area (Å²) in [5, 5.41) is 18.5. The van der Waals surface area contributed by atoms with Gasteiger partial charge in [0.25, 0.3) is 0 Å². The Morgan fingerprint density at radius 3 is 2.38 bits per heavy atom. The van der Waals surface area contributed by atoms with Crippen LogP contribution in [-0.2, 0) is 4.79 Å². The van der Waals surface area contributed by atoms with Gasteiger partial charge in [0.05, 0.1) is 8.95 Å². The second-order valence-electron chi connectivity index (χ2n) is 3.05. The maximum atomic E-state index is 10.7. The molecule has 0 aliphatic carbocycles. The average Bonchev–Trinajstić information content (AvgIpc) is 2.20. The number of hydrogen-bond acceptors (Lipinski definition) is 2. The lowest BCUT2D eigenvalue weighted by atomic mass is 10.1. The van der Waals surface area contributed by atoms with E-state index in [0.717, 1.165) is 0 Å². The zero-order valence-corrected chi connectivity index (χ0v) is 12.8. The normalized spacial score (nSPS) is 11.6. The van der Waals surface area contributed by atoms with Gasteiger partial charge in [-0.3, -0.25) is 0 Å². The number of halogens is 3. The summed E-state index contributed by atoms with van der Waals surface area (Å²) in [6, 6.07) is 1.65. The molecule has 1 aromatic rings. The number of benzene rings is 1. The molecule has 0 bridgehead atoms. The molecule has 0 aromatic heterocycles. The Morgan fingerprint density at radius 2 is 1.88 bits per heavy atom. The van der Waals surface area contributed by atoms with Gasteiger partial charge in [-0.1, -0.05) is 15.9 Å². The van der Waals surface area contributed by atoms with Crippen LogP contribution in [0.3, 0.4) is 0 Å². The standard InChI is InChI=1S/C10H7Br3O3/c1-4(10(15)16)2-5-6(11)3-7(12)9(14)8(5)13/h2-3,14H,1H3,(H,15,16)/b4-2+. The fourth-order valence-electron chi connectivity index (χ4n) is 1.01. The summed E-state index contributed by atoms with van der Waals surface area (Å²) in [6.45, 7) is 1.49. The lowest BCUT2D eigenvalue weighted by Gasteiger charge is -2.07. The van der Waals surface area contributed by atoms with E-state index in [2.05, 4.69) is 47.8 Å². The first-order chi connectivity index (χ1) is 7.34. The molecule has 1 rings (SSSR count). The molecule has 16 heavy (non-hydrogen) atoms. The Morgan fingerprint density at radius 1 is 1.31 bits per heavy atom. The van der Waals surface area contributed by atoms with Crippen LogP contribution in [0.1, 0.15) is 12.5 Å². The van der Waals surface area contributed by atoms with Crippen molar-refractivity contribution in [3.8, 4) is 5.75 Å². The molecule has 0 heterocycles. The minimum absolute atomic E-state index is 0.0349. The van der Waals surface area contributed by atoms with Crippen LogP contribution in [0.25, 0.3) is 6.08 Å².